The number of carboxylic acid groups (broad SMARTS) is 1. The zero-order chi connectivity index (χ0) is 23.2. The number of nitrogens with zero attached hydrogens (tertiary/aromatic N) is 2. The molecule has 31 heavy (non-hydrogen) atoms. The Hall–Kier alpha value is -3.09. The molecule has 1 atom stereocenters. The number of hydrogen-bond acceptors (Lipinski definition) is 6. The third kappa shape index (κ3) is 6.98. The standard InChI is InChI=1S/C16H21FN4O3.C2HF3O2/c1-11(22)19-9-13-10-21(16(23)24-13)12-2-3-15(14(17)8-12)20-6-4-18-5-7-20;3-2(4,5)1(6)7/h2-3,8,13,18H,4-7,9-10H2,1H3,(H,19,22);(H,6,7). The zero-order valence-electron chi connectivity index (χ0n) is 16.5. The number of anilines is 2. The fraction of sp³-hybridized carbons (Fsp3) is 0.500. The molecule has 1 aromatic rings. The number of nitrogens with one attached hydrogen (secondary N) is 2. The van der Waals surface area contributed by atoms with Gasteiger partial charge in [0.25, 0.3) is 0 Å². The van der Waals surface area contributed by atoms with Crippen LogP contribution in [0.4, 0.5) is 33.7 Å². The van der Waals surface area contributed by atoms with Crippen LogP contribution in [0.1, 0.15) is 6.92 Å². The van der Waals surface area contributed by atoms with Gasteiger partial charge in [-0.3, -0.25) is 9.69 Å². The van der Waals surface area contributed by atoms with Crippen molar-refractivity contribution in [2.75, 3.05) is 49.1 Å². The fourth-order valence-corrected chi connectivity index (χ4v) is 2.92. The number of alkyl halides is 3. The topological polar surface area (TPSA) is 111 Å². The SMILES string of the molecule is CC(=O)NCC1CN(c2ccc(N3CCNCC3)c(F)c2)C(=O)O1.O=C(O)C(F)(F)F. The summed E-state index contributed by atoms with van der Waals surface area (Å²) in [5.74, 6) is -3.30. The molecule has 13 heteroatoms. The van der Waals surface area contributed by atoms with Gasteiger partial charge in [0.05, 0.1) is 24.5 Å². The van der Waals surface area contributed by atoms with E-state index in [1.807, 2.05) is 4.90 Å². The number of piperazine rings is 1. The molecule has 2 saturated heterocycles. The van der Waals surface area contributed by atoms with E-state index in [4.69, 9.17) is 14.6 Å². The monoisotopic (exact) mass is 450 g/mol. The lowest BCUT2D eigenvalue weighted by atomic mass is 10.2. The molecule has 0 aliphatic carbocycles. The van der Waals surface area contributed by atoms with Crippen LogP contribution in [0.25, 0.3) is 0 Å². The van der Waals surface area contributed by atoms with Gasteiger partial charge < -0.3 is 25.4 Å². The van der Waals surface area contributed by atoms with Crippen molar-refractivity contribution in [1.82, 2.24) is 10.6 Å². The highest BCUT2D eigenvalue weighted by Gasteiger charge is 2.38. The van der Waals surface area contributed by atoms with E-state index in [0.717, 1.165) is 26.2 Å². The minimum atomic E-state index is -5.08. The second kappa shape index (κ2) is 10.3. The number of amides is 2. The zero-order valence-corrected chi connectivity index (χ0v) is 16.5. The first-order chi connectivity index (χ1) is 14.5. The highest BCUT2D eigenvalue weighted by Crippen LogP contribution is 2.28. The number of carboxylic acids is 1. The van der Waals surface area contributed by atoms with Crippen LogP contribution in [0.5, 0.6) is 0 Å². The Balaban J connectivity index is 0.000000423. The van der Waals surface area contributed by atoms with Gasteiger partial charge in [-0.25, -0.2) is 14.0 Å². The van der Waals surface area contributed by atoms with Crippen molar-refractivity contribution < 1.29 is 41.8 Å². The number of carbonyl (C=O) groups is 3. The van der Waals surface area contributed by atoms with E-state index >= 15 is 0 Å². The minimum Gasteiger partial charge on any atom is -0.475 e. The van der Waals surface area contributed by atoms with Crippen LogP contribution in [0.15, 0.2) is 18.2 Å². The third-order valence-corrected chi connectivity index (χ3v) is 4.40. The minimum absolute atomic E-state index is 0.184. The van der Waals surface area contributed by atoms with Crippen molar-refractivity contribution in [2.45, 2.75) is 19.2 Å². The van der Waals surface area contributed by atoms with Crippen LogP contribution in [0, 0.1) is 5.82 Å². The van der Waals surface area contributed by atoms with Gasteiger partial charge in [0.1, 0.15) is 11.9 Å². The summed E-state index contributed by atoms with van der Waals surface area (Å²) in [4.78, 5) is 35.2. The number of aliphatic carboxylic acids is 1. The van der Waals surface area contributed by atoms with E-state index in [1.54, 1.807) is 12.1 Å². The maximum atomic E-state index is 14.5. The summed E-state index contributed by atoms with van der Waals surface area (Å²) < 4.78 is 51.4. The maximum Gasteiger partial charge on any atom is 0.490 e. The molecule has 1 unspecified atom stereocenters. The first kappa shape index (κ1) is 24.2. The van der Waals surface area contributed by atoms with Crippen LogP contribution in [-0.4, -0.2) is 74.6 Å². The molecule has 1 aromatic carbocycles. The summed E-state index contributed by atoms with van der Waals surface area (Å²) in [5, 5.41) is 13.0. The van der Waals surface area contributed by atoms with Crippen LogP contribution < -0.4 is 20.4 Å². The highest BCUT2D eigenvalue weighted by molar-refractivity contribution is 5.90. The number of rotatable bonds is 4. The van der Waals surface area contributed by atoms with E-state index in [-0.39, 0.29) is 24.8 Å². The summed E-state index contributed by atoms with van der Waals surface area (Å²) >= 11 is 0. The Morgan fingerprint density at radius 3 is 2.42 bits per heavy atom. The highest BCUT2D eigenvalue weighted by atomic mass is 19.4. The number of hydrogen-bond donors (Lipinski definition) is 3. The number of benzene rings is 1. The smallest absolute Gasteiger partial charge is 0.475 e. The van der Waals surface area contributed by atoms with Crippen LogP contribution >= 0.6 is 0 Å². The van der Waals surface area contributed by atoms with Crippen LogP contribution in [-0.2, 0) is 14.3 Å². The summed E-state index contributed by atoms with van der Waals surface area (Å²) in [5.41, 5.74) is 1.00. The summed E-state index contributed by atoms with van der Waals surface area (Å²) in [7, 11) is 0. The third-order valence-electron chi connectivity index (χ3n) is 4.40. The molecule has 172 valence electrons. The number of halogens is 4. The van der Waals surface area contributed by atoms with Crippen molar-refractivity contribution in [3.8, 4) is 0 Å². The average Bonchev–Trinajstić information content (AvgIpc) is 3.07. The van der Waals surface area contributed by atoms with Crippen LogP contribution in [0.3, 0.4) is 0 Å². The molecular weight excluding hydrogens is 428 g/mol. The molecule has 2 amide bonds. The molecule has 3 N–H and O–H groups in total. The summed E-state index contributed by atoms with van der Waals surface area (Å²) in [6.45, 7) is 5.08. The van der Waals surface area contributed by atoms with Gasteiger partial charge in [0.15, 0.2) is 0 Å². The first-order valence-electron chi connectivity index (χ1n) is 9.27. The second-order valence-corrected chi connectivity index (χ2v) is 6.73. The van der Waals surface area contributed by atoms with Gasteiger partial charge in [-0.15, -0.1) is 0 Å². The van der Waals surface area contributed by atoms with Crippen LogP contribution in [0.2, 0.25) is 0 Å². The normalized spacial score (nSPS) is 18.7. The Labute approximate surface area is 174 Å². The number of cyclic esters (lactones) is 1. The predicted molar refractivity (Wildman–Crippen MR) is 101 cm³/mol. The summed E-state index contributed by atoms with van der Waals surface area (Å²) in [6.07, 6.45) is -6.04. The van der Waals surface area contributed by atoms with E-state index in [2.05, 4.69) is 10.6 Å². The molecule has 3 rings (SSSR count). The lowest BCUT2D eigenvalue weighted by Crippen LogP contribution is -2.43. The molecule has 9 nitrogen and oxygen atoms in total. The van der Waals surface area contributed by atoms with Gasteiger partial charge >= 0.3 is 18.2 Å². The van der Waals surface area contributed by atoms with Gasteiger partial charge in [0.2, 0.25) is 5.91 Å². The van der Waals surface area contributed by atoms with Crippen molar-refractivity contribution in [3.05, 3.63) is 24.0 Å². The molecule has 0 bridgehead atoms. The van der Waals surface area contributed by atoms with Crippen molar-refractivity contribution >= 4 is 29.3 Å². The van der Waals surface area contributed by atoms with E-state index < -0.39 is 24.3 Å². The Morgan fingerprint density at radius 2 is 1.90 bits per heavy atom. The number of carbonyl (C=O) groups excluding carboxylic acids is 2. The molecule has 2 heterocycles. The van der Waals surface area contributed by atoms with Gasteiger partial charge in [0, 0.05) is 33.1 Å². The molecule has 0 radical (unpaired) electrons. The van der Waals surface area contributed by atoms with E-state index in [9.17, 15) is 27.2 Å². The fourth-order valence-electron chi connectivity index (χ4n) is 2.92. The molecular formula is C18H22F4N4O5. The molecule has 2 fully saturated rings. The first-order valence-corrected chi connectivity index (χ1v) is 9.27. The molecule has 0 spiro atoms. The average molecular weight is 450 g/mol. The van der Waals surface area contributed by atoms with Gasteiger partial charge in [-0.05, 0) is 18.2 Å². The molecule has 0 aromatic heterocycles. The van der Waals surface area contributed by atoms with Gasteiger partial charge in [-0.1, -0.05) is 0 Å². The Bertz CT molecular complexity index is 815. The van der Waals surface area contributed by atoms with Crippen molar-refractivity contribution in [1.29, 1.82) is 0 Å². The lowest BCUT2D eigenvalue weighted by Gasteiger charge is -2.30. The quantitative estimate of drug-likeness (QED) is 0.594. The Kier molecular flexibility index (Phi) is 8.02. The maximum absolute atomic E-state index is 14.5. The molecule has 0 saturated carbocycles. The summed E-state index contributed by atoms with van der Waals surface area (Å²) in [6, 6.07) is 4.78. The van der Waals surface area contributed by atoms with Gasteiger partial charge in [-0.2, -0.15) is 13.2 Å². The van der Waals surface area contributed by atoms with Crippen molar-refractivity contribution in [3.63, 3.8) is 0 Å². The predicted octanol–water partition coefficient (Wildman–Crippen LogP) is 1.33. The van der Waals surface area contributed by atoms with E-state index in [0.29, 0.717) is 11.4 Å². The molecule has 2 aliphatic rings. The molecule has 2 aliphatic heterocycles. The van der Waals surface area contributed by atoms with Crippen molar-refractivity contribution in [2.24, 2.45) is 0 Å². The largest absolute Gasteiger partial charge is 0.490 e. The lowest BCUT2D eigenvalue weighted by molar-refractivity contribution is -0.192. The Morgan fingerprint density at radius 1 is 1.29 bits per heavy atom. The van der Waals surface area contributed by atoms with E-state index in [1.165, 1.54) is 17.9 Å². The second-order valence-electron chi connectivity index (χ2n) is 6.73. The number of ether oxygens (including phenoxy) is 1.